The molecule has 0 saturated heterocycles. The fourth-order valence-electron chi connectivity index (χ4n) is 3.40. The molecule has 1 aliphatic rings. The van der Waals surface area contributed by atoms with Gasteiger partial charge in [-0.3, -0.25) is 4.79 Å². The quantitative estimate of drug-likeness (QED) is 0.747. The third-order valence-electron chi connectivity index (χ3n) is 4.69. The maximum absolute atomic E-state index is 13.2. The van der Waals surface area contributed by atoms with Crippen LogP contribution in [0.15, 0.2) is 18.2 Å². The highest BCUT2D eigenvalue weighted by Crippen LogP contribution is 2.50. The van der Waals surface area contributed by atoms with Crippen molar-refractivity contribution in [3.63, 3.8) is 0 Å². The van der Waals surface area contributed by atoms with Crippen molar-refractivity contribution in [3.8, 4) is 40.2 Å². The molecule has 2 aromatic carbocycles. The lowest BCUT2D eigenvalue weighted by Crippen LogP contribution is -2.38. The van der Waals surface area contributed by atoms with E-state index in [1.165, 1.54) is 53.7 Å². The molecule has 3 rings (SSSR count). The minimum Gasteiger partial charge on any atom is -0.504 e. The summed E-state index contributed by atoms with van der Waals surface area (Å²) in [5.74, 6) is -0.187. The monoisotopic (exact) mass is 406 g/mol. The van der Waals surface area contributed by atoms with E-state index in [1.54, 1.807) is 0 Å². The number of phenolic OH excluding ortho intramolecular Hbond substituents is 2. The molecule has 9 nitrogen and oxygen atoms in total. The van der Waals surface area contributed by atoms with Crippen LogP contribution in [0.2, 0.25) is 0 Å². The van der Waals surface area contributed by atoms with Crippen LogP contribution in [-0.4, -0.2) is 57.6 Å². The number of hydrogen-bond acceptors (Lipinski definition) is 9. The summed E-state index contributed by atoms with van der Waals surface area (Å²) >= 11 is 0. The molecule has 0 fully saturated rings. The van der Waals surface area contributed by atoms with Gasteiger partial charge in [-0.25, -0.2) is 0 Å². The van der Waals surface area contributed by atoms with Crippen molar-refractivity contribution in [2.45, 2.75) is 12.2 Å². The molecule has 2 atom stereocenters. The van der Waals surface area contributed by atoms with E-state index in [0.29, 0.717) is 11.3 Å². The Bertz CT molecular complexity index is 915. The molecule has 0 aromatic heterocycles. The molecule has 2 unspecified atom stereocenters. The Morgan fingerprint density at radius 2 is 1.41 bits per heavy atom. The zero-order chi connectivity index (χ0) is 21.3. The third kappa shape index (κ3) is 3.23. The van der Waals surface area contributed by atoms with Gasteiger partial charge in [0.2, 0.25) is 17.3 Å². The number of Topliss-reactive ketones (excluding diaryl/α,β-unsaturated/α-hetero) is 1. The maximum Gasteiger partial charge on any atom is 0.204 e. The van der Waals surface area contributed by atoms with Gasteiger partial charge in [0.25, 0.3) is 0 Å². The van der Waals surface area contributed by atoms with Crippen molar-refractivity contribution in [2.24, 2.45) is 0 Å². The fourth-order valence-corrected chi connectivity index (χ4v) is 3.40. The van der Waals surface area contributed by atoms with E-state index in [-0.39, 0.29) is 40.1 Å². The first-order valence-corrected chi connectivity index (χ1v) is 8.58. The van der Waals surface area contributed by atoms with Crippen LogP contribution in [-0.2, 0) is 4.74 Å². The predicted octanol–water partition coefficient (Wildman–Crippen LogP) is 2.46. The fraction of sp³-hybridized carbons (Fsp3) is 0.350. The molecule has 156 valence electrons. The summed E-state index contributed by atoms with van der Waals surface area (Å²) in [7, 11) is 6.96. The van der Waals surface area contributed by atoms with E-state index < -0.39 is 18.0 Å². The summed E-state index contributed by atoms with van der Waals surface area (Å²) in [5.41, 5.74) is 0.468. The van der Waals surface area contributed by atoms with Crippen LogP contribution in [0.4, 0.5) is 0 Å². The van der Waals surface area contributed by atoms with Gasteiger partial charge < -0.3 is 38.6 Å². The highest BCUT2D eigenvalue weighted by molar-refractivity contribution is 6.07. The van der Waals surface area contributed by atoms with Crippen LogP contribution in [0.3, 0.4) is 0 Å². The number of ketones is 1. The Hall–Kier alpha value is -3.33. The Morgan fingerprint density at radius 1 is 0.828 bits per heavy atom. The van der Waals surface area contributed by atoms with Crippen molar-refractivity contribution in [3.05, 3.63) is 29.3 Å². The van der Waals surface area contributed by atoms with Crippen molar-refractivity contribution in [1.29, 1.82) is 0 Å². The van der Waals surface area contributed by atoms with Crippen molar-refractivity contribution >= 4 is 5.78 Å². The van der Waals surface area contributed by atoms with Crippen LogP contribution in [0.5, 0.6) is 40.2 Å². The van der Waals surface area contributed by atoms with Gasteiger partial charge in [-0.15, -0.1) is 0 Å². The smallest absolute Gasteiger partial charge is 0.204 e. The summed E-state index contributed by atoms with van der Waals surface area (Å²) in [5, 5.41) is 20.3. The highest BCUT2D eigenvalue weighted by Gasteiger charge is 2.42. The normalized spacial score (nSPS) is 17.9. The number of ether oxygens (including phenoxy) is 6. The zero-order valence-electron chi connectivity index (χ0n) is 16.6. The maximum atomic E-state index is 13.2. The minimum atomic E-state index is -1.07. The molecule has 0 aliphatic carbocycles. The van der Waals surface area contributed by atoms with Crippen LogP contribution >= 0.6 is 0 Å². The van der Waals surface area contributed by atoms with E-state index in [2.05, 4.69) is 0 Å². The van der Waals surface area contributed by atoms with Crippen LogP contribution in [0.25, 0.3) is 0 Å². The molecule has 0 saturated carbocycles. The largest absolute Gasteiger partial charge is 0.504 e. The molecule has 9 heteroatoms. The summed E-state index contributed by atoms with van der Waals surface area (Å²) in [6.07, 6.45) is -2.02. The van der Waals surface area contributed by atoms with Gasteiger partial charge in [0, 0.05) is 18.7 Å². The number of benzene rings is 2. The number of phenols is 2. The molecule has 1 aliphatic heterocycles. The first-order chi connectivity index (χ1) is 13.9. The number of fused-ring (bicyclic) bond motifs is 1. The first kappa shape index (κ1) is 20.4. The van der Waals surface area contributed by atoms with Gasteiger partial charge in [-0.1, -0.05) is 0 Å². The van der Waals surface area contributed by atoms with Crippen LogP contribution in [0.1, 0.15) is 22.0 Å². The van der Waals surface area contributed by atoms with E-state index in [9.17, 15) is 15.0 Å². The topological polar surface area (TPSA) is 113 Å². The van der Waals surface area contributed by atoms with Gasteiger partial charge >= 0.3 is 0 Å². The highest BCUT2D eigenvalue weighted by atomic mass is 16.6. The van der Waals surface area contributed by atoms with Gasteiger partial charge in [-0.2, -0.15) is 0 Å². The van der Waals surface area contributed by atoms with E-state index in [0.717, 1.165) is 0 Å². The molecule has 1 heterocycles. The number of aromatic hydroxyl groups is 2. The molecule has 0 radical (unpaired) electrons. The lowest BCUT2D eigenvalue weighted by molar-refractivity contribution is -0.00136. The number of methoxy groups -OCH3 is 5. The summed E-state index contributed by atoms with van der Waals surface area (Å²) in [4.78, 5) is 13.2. The predicted molar refractivity (Wildman–Crippen MR) is 101 cm³/mol. The SMILES string of the molecule is COc1cc2c(c(OC)c1OC)C(=O)C(OC)C(c1cc(O)c(OC)c(O)c1)O2. The molecular weight excluding hydrogens is 384 g/mol. The van der Waals surface area contributed by atoms with Crippen molar-refractivity contribution in [1.82, 2.24) is 0 Å². The summed E-state index contributed by atoms with van der Waals surface area (Å²) in [6.45, 7) is 0. The summed E-state index contributed by atoms with van der Waals surface area (Å²) < 4.78 is 32.4. The van der Waals surface area contributed by atoms with Gasteiger partial charge in [0.05, 0.1) is 28.4 Å². The van der Waals surface area contributed by atoms with Crippen molar-refractivity contribution < 1.29 is 43.4 Å². The zero-order valence-corrected chi connectivity index (χ0v) is 16.6. The third-order valence-corrected chi connectivity index (χ3v) is 4.69. The molecule has 0 bridgehead atoms. The second-order valence-electron chi connectivity index (χ2n) is 6.17. The molecule has 2 N–H and O–H groups in total. The minimum absolute atomic E-state index is 0.0849. The van der Waals surface area contributed by atoms with E-state index >= 15 is 0 Å². The molecular formula is C20H22O9. The Kier molecular flexibility index (Phi) is 5.60. The average molecular weight is 406 g/mol. The standard InChI is InChI=1S/C20H22O9/c1-24-13-8-12-14(19(27-4)18(13)26-3)15(23)20(28-5)16(29-12)9-6-10(21)17(25-2)11(22)7-9/h6-8,16,20-22H,1-5H3. The number of rotatable bonds is 6. The van der Waals surface area contributed by atoms with Gasteiger partial charge in [0.1, 0.15) is 11.3 Å². The second kappa shape index (κ2) is 7.96. The van der Waals surface area contributed by atoms with Crippen molar-refractivity contribution in [2.75, 3.05) is 35.5 Å². The Balaban J connectivity index is 2.18. The van der Waals surface area contributed by atoms with E-state index in [1.807, 2.05) is 0 Å². The number of hydrogen-bond donors (Lipinski definition) is 2. The van der Waals surface area contributed by atoms with Gasteiger partial charge in [0.15, 0.2) is 35.2 Å². The van der Waals surface area contributed by atoms with Crippen LogP contribution < -0.4 is 23.7 Å². The average Bonchev–Trinajstić information content (AvgIpc) is 2.71. The number of carbonyl (C=O) groups excluding carboxylic acids is 1. The number of carbonyl (C=O) groups is 1. The molecule has 29 heavy (non-hydrogen) atoms. The van der Waals surface area contributed by atoms with Crippen LogP contribution in [0, 0.1) is 0 Å². The second-order valence-corrected chi connectivity index (χ2v) is 6.17. The summed E-state index contributed by atoms with van der Waals surface area (Å²) in [6, 6.07) is 4.19. The Morgan fingerprint density at radius 3 is 1.90 bits per heavy atom. The Labute approximate surface area is 167 Å². The lowest BCUT2D eigenvalue weighted by atomic mass is 9.92. The van der Waals surface area contributed by atoms with E-state index in [4.69, 9.17) is 28.4 Å². The molecule has 0 spiro atoms. The molecule has 0 amide bonds. The lowest BCUT2D eigenvalue weighted by Gasteiger charge is -2.33. The first-order valence-electron chi connectivity index (χ1n) is 8.58. The van der Waals surface area contributed by atoms with Gasteiger partial charge in [-0.05, 0) is 12.1 Å². The molecule has 2 aromatic rings.